The Hall–Kier alpha value is 0.314. The molecule has 2 nitrogen and oxygen atoms in total. The fourth-order valence-electron chi connectivity index (χ4n) is 0.681. The van der Waals surface area contributed by atoms with Gasteiger partial charge in [-0.1, -0.05) is 20.2 Å². The predicted molar refractivity (Wildman–Crippen MR) is 41.7 cm³/mol. The number of aliphatic imine (C=N–C) groups is 1. The molecule has 0 aromatic heterocycles. The summed E-state index contributed by atoms with van der Waals surface area (Å²) in [6, 6.07) is 0. The van der Waals surface area contributed by atoms with E-state index in [0.29, 0.717) is 5.92 Å². The van der Waals surface area contributed by atoms with Crippen LogP contribution in [0, 0.1) is 12.0 Å². The predicted octanol–water partition coefficient (Wildman–Crippen LogP) is 1.18. The minimum Gasteiger partial charge on any atom is -0.582 e. The molecule has 0 aliphatic carbocycles. The molecule has 0 fully saturated rings. The number of nitrogens with zero attached hydrogens (tertiary/aromatic N) is 2. The summed E-state index contributed by atoms with van der Waals surface area (Å²) in [6.07, 6.45) is 7.94. The number of rotatable bonds is 2. The molecule has 0 unspecified atom stereocenters. The van der Waals surface area contributed by atoms with E-state index in [2.05, 4.69) is 31.3 Å². The third kappa shape index (κ3) is 4.70. The van der Waals surface area contributed by atoms with Crippen molar-refractivity contribution in [3.05, 3.63) is 12.3 Å². The standard InChI is InChI=1S/C8H12N2.Y/c1-8(2)3-5-10-6-4-9-7-10;/h5,8H,4,6H2,1-2H3;/q-2;. The molecule has 0 amide bonds. The van der Waals surface area contributed by atoms with Crippen molar-refractivity contribution in [2.75, 3.05) is 13.1 Å². The summed E-state index contributed by atoms with van der Waals surface area (Å²) >= 11 is 0. The van der Waals surface area contributed by atoms with Crippen LogP contribution in [0.1, 0.15) is 13.8 Å². The van der Waals surface area contributed by atoms with Gasteiger partial charge in [-0.25, -0.2) is 0 Å². The molecule has 1 aliphatic heterocycles. The van der Waals surface area contributed by atoms with E-state index < -0.39 is 0 Å². The van der Waals surface area contributed by atoms with Gasteiger partial charge in [-0.3, -0.25) is 0 Å². The van der Waals surface area contributed by atoms with Crippen LogP contribution in [0.15, 0.2) is 11.2 Å². The van der Waals surface area contributed by atoms with E-state index in [1.54, 1.807) is 0 Å². The Bertz CT molecular complexity index is 152. The van der Waals surface area contributed by atoms with Gasteiger partial charge in [-0.2, -0.15) is 5.92 Å². The van der Waals surface area contributed by atoms with Crippen molar-refractivity contribution in [3.63, 3.8) is 0 Å². The molecule has 1 radical (unpaired) electrons. The van der Waals surface area contributed by atoms with Gasteiger partial charge in [0.05, 0.1) is 0 Å². The number of hydrogen-bond acceptors (Lipinski definition) is 2. The topological polar surface area (TPSA) is 15.6 Å². The van der Waals surface area contributed by atoms with Crippen LogP contribution in [0.5, 0.6) is 0 Å². The molecule has 1 rings (SSSR count). The number of hydrogen-bond donors (Lipinski definition) is 0. The molecule has 59 valence electrons. The van der Waals surface area contributed by atoms with Gasteiger partial charge in [0, 0.05) is 45.8 Å². The van der Waals surface area contributed by atoms with Gasteiger partial charge in [0.25, 0.3) is 0 Å². The first kappa shape index (κ1) is 11.3. The zero-order chi connectivity index (χ0) is 7.40. The Morgan fingerprint density at radius 3 is 2.82 bits per heavy atom. The van der Waals surface area contributed by atoms with Gasteiger partial charge >= 0.3 is 0 Å². The second kappa shape index (κ2) is 5.90. The van der Waals surface area contributed by atoms with Crippen LogP contribution in [0.4, 0.5) is 0 Å². The third-order valence-electron chi connectivity index (χ3n) is 1.22. The molecular formula is C8H12N2Y-2. The van der Waals surface area contributed by atoms with Gasteiger partial charge < -0.3 is 22.2 Å². The molecule has 0 bridgehead atoms. The Labute approximate surface area is 93.6 Å². The second-order valence-corrected chi connectivity index (χ2v) is 2.63. The Balaban J connectivity index is 0.000001000. The SMILES string of the molecule is CC(C)[C-]=CN1[C-]=NCC1.[Y]. The number of allylic oxidation sites excluding steroid dienone is 1. The van der Waals surface area contributed by atoms with E-state index in [1.165, 1.54) is 0 Å². The van der Waals surface area contributed by atoms with Crippen LogP contribution in [0.25, 0.3) is 0 Å². The summed E-state index contributed by atoms with van der Waals surface area (Å²) in [5.74, 6) is 0.488. The summed E-state index contributed by atoms with van der Waals surface area (Å²) in [7, 11) is 0. The van der Waals surface area contributed by atoms with Crippen molar-refractivity contribution in [2.24, 2.45) is 10.9 Å². The first-order chi connectivity index (χ1) is 4.79. The van der Waals surface area contributed by atoms with Crippen molar-refractivity contribution in [3.8, 4) is 0 Å². The maximum Gasteiger partial charge on any atom is 0.0339 e. The summed E-state index contributed by atoms with van der Waals surface area (Å²) in [5.41, 5.74) is 0. The van der Waals surface area contributed by atoms with Crippen molar-refractivity contribution in [1.82, 2.24) is 4.90 Å². The molecule has 3 heteroatoms. The molecule has 1 heterocycles. The Morgan fingerprint density at radius 1 is 1.64 bits per heavy atom. The Morgan fingerprint density at radius 2 is 2.36 bits per heavy atom. The Kier molecular flexibility index (Phi) is 6.07. The van der Waals surface area contributed by atoms with Crippen molar-refractivity contribution >= 4 is 6.34 Å². The quantitative estimate of drug-likeness (QED) is 0.644. The fraction of sp³-hybridized carbons (Fsp3) is 0.625. The smallest absolute Gasteiger partial charge is 0.0339 e. The molecule has 0 saturated carbocycles. The normalized spacial score (nSPS) is 16.5. The molecule has 0 spiro atoms. The van der Waals surface area contributed by atoms with Gasteiger partial charge in [-0.05, 0) is 0 Å². The van der Waals surface area contributed by atoms with E-state index in [0.717, 1.165) is 13.1 Å². The minimum atomic E-state index is 0. The van der Waals surface area contributed by atoms with Crippen LogP contribution in [-0.4, -0.2) is 24.3 Å². The molecule has 1 aliphatic rings. The zero-order valence-electron chi connectivity index (χ0n) is 7.04. The first-order valence-electron chi connectivity index (χ1n) is 3.57. The van der Waals surface area contributed by atoms with Gasteiger partial charge in [0.1, 0.15) is 0 Å². The average molecular weight is 225 g/mol. The summed E-state index contributed by atoms with van der Waals surface area (Å²) in [4.78, 5) is 5.88. The van der Waals surface area contributed by atoms with E-state index >= 15 is 0 Å². The summed E-state index contributed by atoms with van der Waals surface area (Å²) in [5, 5.41) is 0. The van der Waals surface area contributed by atoms with Crippen LogP contribution < -0.4 is 0 Å². The first-order valence-corrected chi connectivity index (χ1v) is 3.57. The van der Waals surface area contributed by atoms with E-state index in [9.17, 15) is 0 Å². The molecular weight excluding hydrogens is 213 g/mol. The molecule has 11 heavy (non-hydrogen) atoms. The summed E-state index contributed by atoms with van der Waals surface area (Å²) < 4.78 is 0. The van der Waals surface area contributed by atoms with Crippen molar-refractivity contribution < 1.29 is 32.7 Å². The molecule has 0 atom stereocenters. The minimum absolute atomic E-state index is 0. The molecule has 0 N–H and O–H groups in total. The summed E-state index contributed by atoms with van der Waals surface area (Å²) in [6.45, 7) is 6.03. The molecule has 0 aromatic carbocycles. The maximum absolute atomic E-state index is 3.95. The molecule has 0 aromatic rings. The van der Waals surface area contributed by atoms with E-state index in [1.807, 2.05) is 11.1 Å². The van der Waals surface area contributed by atoms with E-state index in [4.69, 9.17) is 0 Å². The largest absolute Gasteiger partial charge is 0.582 e. The second-order valence-electron chi connectivity index (χ2n) is 2.63. The van der Waals surface area contributed by atoms with Gasteiger partial charge in [-0.15, -0.1) is 0 Å². The van der Waals surface area contributed by atoms with Gasteiger partial charge in [0.15, 0.2) is 0 Å². The van der Waals surface area contributed by atoms with Crippen LogP contribution in [0.2, 0.25) is 0 Å². The maximum atomic E-state index is 3.95. The van der Waals surface area contributed by atoms with Crippen molar-refractivity contribution in [2.45, 2.75) is 13.8 Å². The fourth-order valence-corrected chi connectivity index (χ4v) is 0.681. The van der Waals surface area contributed by atoms with Crippen LogP contribution >= 0.6 is 0 Å². The average Bonchev–Trinajstić information content (AvgIpc) is 2.34. The van der Waals surface area contributed by atoms with E-state index in [-0.39, 0.29) is 32.7 Å². The monoisotopic (exact) mass is 225 g/mol. The van der Waals surface area contributed by atoms with Crippen molar-refractivity contribution in [1.29, 1.82) is 0 Å². The molecule has 0 saturated heterocycles. The zero-order valence-corrected chi connectivity index (χ0v) is 9.88. The van der Waals surface area contributed by atoms with Crippen LogP contribution in [-0.2, 0) is 32.7 Å². The van der Waals surface area contributed by atoms with Crippen LogP contribution in [0.3, 0.4) is 0 Å². The van der Waals surface area contributed by atoms with Gasteiger partial charge in [0.2, 0.25) is 0 Å². The third-order valence-corrected chi connectivity index (χ3v) is 1.22.